The Morgan fingerprint density at radius 3 is 2.25 bits per heavy atom. The average Bonchev–Trinajstić information content (AvgIpc) is 2.15. The molecule has 0 rings (SSSR count). The minimum atomic E-state index is -4.57. The third-order valence-electron chi connectivity index (χ3n) is 2.26. The number of aliphatic hydroxyl groups is 1. The van der Waals surface area contributed by atoms with E-state index in [0.29, 0.717) is 13.2 Å². The minimum absolute atomic E-state index is 0.145. The van der Waals surface area contributed by atoms with Crippen molar-refractivity contribution in [3.63, 3.8) is 0 Å². The molecule has 2 atom stereocenters. The molecule has 0 heterocycles. The Morgan fingerprint density at radius 1 is 1.31 bits per heavy atom. The van der Waals surface area contributed by atoms with Crippen LogP contribution in [0.15, 0.2) is 0 Å². The molecule has 0 amide bonds. The van der Waals surface area contributed by atoms with Crippen molar-refractivity contribution in [2.75, 3.05) is 19.8 Å². The highest BCUT2D eigenvalue weighted by molar-refractivity contribution is 4.75. The van der Waals surface area contributed by atoms with E-state index >= 15 is 0 Å². The molecule has 0 saturated heterocycles. The summed E-state index contributed by atoms with van der Waals surface area (Å²) in [5, 5.41) is 11.5. The standard InChI is InChI=1S/C10H20F3NO2/c1-4-16-6-8(7(2)3)14-5-9(15)10(11,12)13/h7-9,14-15H,4-6H2,1-3H3. The van der Waals surface area contributed by atoms with Crippen LogP contribution in [-0.2, 0) is 4.74 Å². The molecule has 6 heteroatoms. The van der Waals surface area contributed by atoms with Crippen LogP contribution in [0.5, 0.6) is 0 Å². The van der Waals surface area contributed by atoms with E-state index in [0.717, 1.165) is 0 Å². The molecule has 0 radical (unpaired) electrons. The van der Waals surface area contributed by atoms with Crippen LogP contribution in [-0.4, -0.2) is 43.2 Å². The molecule has 0 aliphatic carbocycles. The van der Waals surface area contributed by atoms with Crippen molar-refractivity contribution in [1.29, 1.82) is 0 Å². The van der Waals surface area contributed by atoms with E-state index in [1.54, 1.807) is 0 Å². The van der Waals surface area contributed by atoms with Gasteiger partial charge < -0.3 is 15.2 Å². The molecule has 0 aromatic carbocycles. The van der Waals surface area contributed by atoms with Crippen LogP contribution in [0, 0.1) is 5.92 Å². The lowest BCUT2D eigenvalue weighted by Gasteiger charge is -2.24. The summed E-state index contributed by atoms with van der Waals surface area (Å²) in [4.78, 5) is 0. The Labute approximate surface area is 94.0 Å². The topological polar surface area (TPSA) is 41.5 Å². The van der Waals surface area contributed by atoms with E-state index in [1.807, 2.05) is 20.8 Å². The van der Waals surface area contributed by atoms with Crippen LogP contribution in [0.2, 0.25) is 0 Å². The first-order chi connectivity index (χ1) is 7.29. The number of aliphatic hydroxyl groups excluding tert-OH is 1. The van der Waals surface area contributed by atoms with Crippen molar-refractivity contribution in [1.82, 2.24) is 5.32 Å². The summed E-state index contributed by atoms with van der Waals surface area (Å²) >= 11 is 0. The van der Waals surface area contributed by atoms with E-state index < -0.39 is 18.8 Å². The van der Waals surface area contributed by atoms with Crippen LogP contribution in [0.25, 0.3) is 0 Å². The monoisotopic (exact) mass is 243 g/mol. The van der Waals surface area contributed by atoms with Crippen molar-refractivity contribution < 1.29 is 23.0 Å². The summed E-state index contributed by atoms with van der Waals surface area (Å²) in [5.41, 5.74) is 0. The van der Waals surface area contributed by atoms with E-state index in [-0.39, 0.29) is 12.0 Å². The highest BCUT2D eigenvalue weighted by atomic mass is 19.4. The Balaban J connectivity index is 4.02. The summed E-state index contributed by atoms with van der Waals surface area (Å²) < 4.78 is 41.2. The number of nitrogens with one attached hydrogen (secondary N) is 1. The quantitative estimate of drug-likeness (QED) is 0.713. The number of halogens is 3. The fourth-order valence-electron chi connectivity index (χ4n) is 1.11. The first kappa shape index (κ1) is 15.7. The first-order valence-electron chi connectivity index (χ1n) is 5.35. The van der Waals surface area contributed by atoms with Gasteiger partial charge in [-0.15, -0.1) is 0 Å². The highest BCUT2D eigenvalue weighted by Crippen LogP contribution is 2.19. The molecular weight excluding hydrogens is 223 g/mol. The maximum atomic E-state index is 12.0. The maximum Gasteiger partial charge on any atom is 0.415 e. The van der Waals surface area contributed by atoms with E-state index in [4.69, 9.17) is 9.84 Å². The van der Waals surface area contributed by atoms with Gasteiger partial charge in [0, 0.05) is 19.2 Å². The zero-order valence-corrected chi connectivity index (χ0v) is 9.84. The number of hydrogen-bond donors (Lipinski definition) is 2. The molecule has 0 spiro atoms. The van der Waals surface area contributed by atoms with Gasteiger partial charge in [0.15, 0.2) is 6.10 Å². The maximum absolute atomic E-state index is 12.0. The second-order valence-electron chi connectivity index (χ2n) is 3.98. The Bertz CT molecular complexity index is 185. The summed E-state index contributed by atoms with van der Waals surface area (Å²) in [7, 11) is 0. The van der Waals surface area contributed by atoms with Gasteiger partial charge in [0.25, 0.3) is 0 Å². The lowest BCUT2D eigenvalue weighted by atomic mass is 10.1. The number of rotatable bonds is 7. The predicted molar refractivity (Wildman–Crippen MR) is 55.2 cm³/mol. The summed E-state index contributed by atoms with van der Waals surface area (Å²) in [5.74, 6) is 0.145. The minimum Gasteiger partial charge on any atom is -0.382 e. The second kappa shape index (κ2) is 7.09. The van der Waals surface area contributed by atoms with Gasteiger partial charge in [0.1, 0.15) is 0 Å². The van der Waals surface area contributed by atoms with E-state index in [9.17, 15) is 13.2 Å². The van der Waals surface area contributed by atoms with E-state index in [1.165, 1.54) is 0 Å². The summed E-state index contributed by atoms with van der Waals surface area (Å²) in [6, 6.07) is -0.183. The number of ether oxygens (including phenoxy) is 1. The van der Waals surface area contributed by atoms with Gasteiger partial charge in [-0.25, -0.2) is 0 Å². The van der Waals surface area contributed by atoms with Crippen molar-refractivity contribution in [3.8, 4) is 0 Å². The van der Waals surface area contributed by atoms with Gasteiger partial charge in [-0.2, -0.15) is 13.2 Å². The van der Waals surface area contributed by atoms with Gasteiger partial charge in [0.2, 0.25) is 0 Å². The van der Waals surface area contributed by atoms with Crippen LogP contribution in [0.4, 0.5) is 13.2 Å². The second-order valence-corrected chi connectivity index (χ2v) is 3.98. The smallest absolute Gasteiger partial charge is 0.382 e. The molecule has 0 saturated carbocycles. The fourth-order valence-corrected chi connectivity index (χ4v) is 1.11. The van der Waals surface area contributed by atoms with Gasteiger partial charge >= 0.3 is 6.18 Å². The zero-order chi connectivity index (χ0) is 12.8. The van der Waals surface area contributed by atoms with Gasteiger partial charge in [-0.05, 0) is 12.8 Å². The molecule has 0 fully saturated rings. The van der Waals surface area contributed by atoms with Crippen molar-refractivity contribution in [2.24, 2.45) is 5.92 Å². The van der Waals surface area contributed by atoms with Gasteiger partial charge in [0.05, 0.1) is 6.61 Å². The molecular formula is C10H20F3NO2. The molecule has 0 aliphatic rings. The zero-order valence-electron chi connectivity index (χ0n) is 9.84. The normalized spacial score (nSPS) is 16.5. The van der Waals surface area contributed by atoms with E-state index in [2.05, 4.69) is 5.32 Å². The fraction of sp³-hybridized carbons (Fsp3) is 1.00. The number of alkyl halides is 3. The molecule has 0 aromatic rings. The molecule has 16 heavy (non-hydrogen) atoms. The lowest BCUT2D eigenvalue weighted by molar-refractivity contribution is -0.202. The largest absolute Gasteiger partial charge is 0.415 e. The molecule has 0 aliphatic heterocycles. The van der Waals surface area contributed by atoms with Gasteiger partial charge in [-0.3, -0.25) is 0 Å². The van der Waals surface area contributed by atoms with Crippen LogP contribution in [0.3, 0.4) is 0 Å². The Kier molecular flexibility index (Phi) is 6.94. The molecule has 2 unspecified atom stereocenters. The number of hydrogen-bond acceptors (Lipinski definition) is 3. The Morgan fingerprint density at radius 2 is 1.88 bits per heavy atom. The predicted octanol–water partition coefficient (Wildman–Crippen LogP) is 1.56. The third-order valence-corrected chi connectivity index (χ3v) is 2.26. The van der Waals surface area contributed by atoms with Crippen molar-refractivity contribution >= 4 is 0 Å². The molecule has 0 aromatic heterocycles. The average molecular weight is 243 g/mol. The highest BCUT2D eigenvalue weighted by Gasteiger charge is 2.38. The van der Waals surface area contributed by atoms with Gasteiger partial charge in [-0.1, -0.05) is 13.8 Å². The van der Waals surface area contributed by atoms with Crippen LogP contribution >= 0.6 is 0 Å². The molecule has 3 nitrogen and oxygen atoms in total. The first-order valence-corrected chi connectivity index (χ1v) is 5.35. The SMILES string of the molecule is CCOCC(NCC(O)C(F)(F)F)C(C)C. The summed E-state index contributed by atoms with van der Waals surface area (Å²) in [6.45, 7) is 5.96. The third kappa shape index (κ3) is 6.30. The lowest BCUT2D eigenvalue weighted by Crippen LogP contribution is -2.46. The summed E-state index contributed by atoms with van der Waals surface area (Å²) in [6.07, 6.45) is -6.89. The molecule has 98 valence electrons. The van der Waals surface area contributed by atoms with Crippen molar-refractivity contribution in [3.05, 3.63) is 0 Å². The molecule has 0 bridgehead atoms. The van der Waals surface area contributed by atoms with Crippen LogP contribution < -0.4 is 5.32 Å². The Hall–Kier alpha value is -0.330. The van der Waals surface area contributed by atoms with Crippen molar-refractivity contribution in [2.45, 2.75) is 39.1 Å². The molecule has 2 N–H and O–H groups in total. The van der Waals surface area contributed by atoms with Crippen LogP contribution in [0.1, 0.15) is 20.8 Å².